The number of fused-ring (bicyclic) bond motifs is 1. The standard InChI is InChI=1S/C29H41N3O8/c1-26(2,3)23(34)30-25(31-24(35)27(4,5)6)32-29-17-14-28(7,36)18(39-21(33)20(29)40-22(17)37-8)19(29)38-15-16-12-10-9-11-13-16/h9-13,17-20,22,36H,14-15H2,1-8H3,(H2,30,31,32,34,35). The van der Waals surface area contributed by atoms with Crippen molar-refractivity contribution in [3.05, 3.63) is 35.9 Å². The fourth-order valence-corrected chi connectivity index (χ4v) is 5.40. The predicted octanol–water partition coefficient (Wildman–Crippen LogP) is 2.06. The van der Waals surface area contributed by atoms with Gasteiger partial charge < -0.3 is 24.1 Å². The molecule has 11 nitrogen and oxygen atoms in total. The zero-order chi connectivity index (χ0) is 29.7. The van der Waals surface area contributed by atoms with Gasteiger partial charge in [-0.3, -0.25) is 20.2 Å². The Morgan fingerprint density at radius 3 is 2.17 bits per heavy atom. The SMILES string of the molecule is COC1OC2C(=O)OC3C(OCc4ccccc4)C2(N=C(NC(=O)C(C)(C)C)NC(=O)C(C)(C)C)C1CC3(C)O. The van der Waals surface area contributed by atoms with Crippen LogP contribution in [0.3, 0.4) is 0 Å². The van der Waals surface area contributed by atoms with E-state index in [0.29, 0.717) is 0 Å². The summed E-state index contributed by atoms with van der Waals surface area (Å²) in [6, 6.07) is 9.41. The van der Waals surface area contributed by atoms with Crippen molar-refractivity contribution in [3.63, 3.8) is 0 Å². The van der Waals surface area contributed by atoms with Gasteiger partial charge in [-0.2, -0.15) is 0 Å². The Morgan fingerprint density at radius 2 is 1.65 bits per heavy atom. The van der Waals surface area contributed by atoms with Crippen molar-refractivity contribution in [2.75, 3.05) is 7.11 Å². The summed E-state index contributed by atoms with van der Waals surface area (Å²) in [6.07, 6.45) is -4.21. The first-order valence-corrected chi connectivity index (χ1v) is 13.5. The van der Waals surface area contributed by atoms with Gasteiger partial charge >= 0.3 is 5.97 Å². The molecular weight excluding hydrogens is 518 g/mol. The van der Waals surface area contributed by atoms with Crippen LogP contribution in [0, 0.1) is 16.7 Å². The lowest BCUT2D eigenvalue weighted by atomic mass is 9.61. The molecule has 40 heavy (non-hydrogen) atoms. The molecule has 1 aliphatic carbocycles. The highest BCUT2D eigenvalue weighted by Gasteiger charge is 2.75. The van der Waals surface area contributed by atoms with E-state index in [4.69, 9.17) is 23.9 Å². The van der Waals surface area contributed by atoms with Crippen LogP contribution < -0.4 is 10.6 Å². The van der Waals surface area contributed by atoms with Crippen LogP contribution >= 0.6 is 0 Å². The number of nitrogens with one attached hydrogen (secondary N) is 2. The topological polar surface area (TPSA) is 145 Å². The number of esters is 1. The highest BCUT2D eigenvalue weighted by molar-refractivity contribution is 6.07. The molecule has 1 aromatic carbocycles. The number of rotatable bonds is 5. The van der Waals surface area contributed by atoms with Crippen molar-refractivity contribution in [1.82, 2.24) is 10.6 Å². The number of benzene rings is 1. The average molecular weight is 560 g/mol. The fraction of sp³-hybridized carbons (Fsp3) is 0.655. The van der Waals surface area contributed by atoms with Gasteiger partial charge in [0.1, 0.15) is 17.2 Å². The van der Waals surface area contributed by atoms with Crippen molar-refractivity contribution in [1.29, 1.82) is 0 Å². The maximum atomic E-state index is 13.4. The van der Waals surface area contributed by atoms with E-state index in [-0.39, 0.29) is 19.0 Å². The zero-order valence-electron chi connectivity index (χ0n) is 24.4. The molecule has 0 aromatic heterocycles. The molecule has 2 amide bonds. The van der Waals surface area contributed by atoms with Gasteiger partial charge in [0.2, 0.25) is 17.8 Å². The number of methoxy groups -OCH3 is 1. The van der Waals surface area contributed by atoms with Crippen molar-refractivity contribution >= 4 is 23.7 Å². The molecule has 1 saturated carbocycles. The monoisotopic (exact) mass is 559 g/mol. The molecule has 3 N–H and O–H groups in total. The minimum atomic E-state index is -1.50. The van der Waals surface area contributed by atoms with Gasteiger partial charge in [0.05, 0.1) is 6.61 Å². The molecule has 3 fully saturated rings. The summed E-state index contributed by atoms with van der Waals surface area (Å²) in [4.78, 5) is 44.5. The molecule has 220 valence electrons. The molecule has 4 rings (SSSR count). The van der Waals surface area contributed by atoms with Gasteiger partial charge in [0.15, 0.2) is 18.5 Å². The first-order valence-electron chi connectivity index (χ1n) is 13.5. The number of ether oxygens (including phenoxy) is 4. The normalized spacial score (nSPS) is 33.1. The number of aliphatic hydroxyl groups is 1. The van der Waals surface area contributed by atoms with Gasteiger partial charge in [0, 0.05) is 23.9 Å². The lowest BCUT2D eigenvalue weighted by Crippen LogP contribution is -2.74. The van der Waals surface area contributed by atoms with Crippen LogP contribution in [-0.4, -0.2) is 71.7 Å². The summed E-state index contributed by atoms with van der Waals surface area (Å²) >= 11 is 0. The van der Waals surface area contributed by atoms with Crippen LogP contribution in [0.4, 0.5) is 0 Å². The molecule has 0 spiro atoms. The van der Waals surface area contributed by atoms with Crippen LogP contribution in [-0.2, 0) is 39.9 Å². The largest absolute Gasteiger partial charge is 0.454 e. The Morgan fingerprint density at radius 1 is 1.07 bits per heavy atom. The predicted molar refractivity (Wildman–Crippen MR) is 145 cm³/mol. The Labute approximate surface area is 235 Å². The first-order chi connectivity index (χ1) is 18.5. The molecule has 2 heterocycles. The molecule has 2 bridgehead atoms. The Balaban J connectivity index is 1.88. The molecule has 3 aliphatic rings. The summed E-state index contributed by atoms with van der Waals surface area (Å²) in [5.74, 6) is -2.35. The van der Waals surface area contributed by atoms with E-state index in [2.05, 4.69) is 10.6 Å². The summed E-state index contributed by atoms with van der Waals surface area (Å²) in [5.41, 5.74) is -3.77. The maximum Gasteiger partial charge on any atom is 0.338 e. The third kappa shape index (κ3) is 5.52. The highest BCUT2D eigenvalue weighted by atomic mass is 16.7. The molecule has 7 atom stereocenters. The molecule has 7 unspecified atom stereocenters. The quantitative estimate of drug-likeness (QED) is 0.283. The minimum Gasteiger partial charge on any atom is -0.454 e. The average Bonchev–Trinajstić information content (AvgIpc) is 3.18. The van der Waals surface area contributed by atoms with Gasteiger partial charge in [-0.15, -0.1) is 0 Å². The van der Waals surface area contributed by atoms with Crippen LogP contribution in [0.25, 0.3) is 0 Å². The number of hydrogen-bond acceptors (Lipinski definition) is 9. The van der Waals surface area contributed by atoms with Crippen LogP contribution in [0.1, 0.15) is 60.5 Å². The van der Waals surface area contributed by atoms with Crippen LogP contribution in [0.2, 0.25) is 0 Å². The van der Waals surface area contributed by atoms with Crippen LogP contribution in [0.5, 0.6) is 0 Å². The number of hydrogen-bond donors (Lipinski definition) is 3. The van der Waals surface area contributed by atoms with Crippen molar-refractivity contribution in [3.8, 4) is 0 Å². The number of aliphatic imine (C=N–C) groups is 1. The van der Waals surface area contributed by atoms with E-state index in [0.717, 1.165) is 5.56 Å². The van der Waals surface area contributed by atoms with Gasteiger partial charge in [-0.1, -0.05) is 71.9 Å². The molecule has 2 aliphatic heterocycles. The summed E-state index contributed by atoms with van der Waals surface area (Å²) in [6.45, 7) is 12.1. The number of nitrogens with zero attached hydrogens (tertiary/aromatic N) is 1. The van der Waals surface area contributed by atoms with E-state index in [1.165, 1.54) is 7.11 Å². The molecule has 11 heteroatoms. The second-order valence-electron chi connectivity index (χ2n) is 13.1. The van der Waals surface area contributed by atoms with E-state index in [1.54, 1.807) is 48.5 Å². The first kappa shape index (κ1) is 30.1. The molecular formula is C29H41N3O8. The van der Waals surface area contributed by atoms with E-state index in [9.17, 15) is 19.5 Å². The second kappa shape index (κ2) is 10.5. The van der Waals surface area contributed by atoms with Crippen molar-refractivity contribution < 1.29 is 38.4 Å². The molecule has 2 saturated heterocycles. The van der Waals surface area contributed by atoms with E-state index < -0.39 is 70.3 Å². The zero-order valence-corrected chi connectivity index (χ0v) is 24.4. The lowest BCUT2D eigenvalue weighted by Gasteiger charge is -2.55. The summed E-state index contributed by atoms with van der Waals surface area (Å²) in [7, 11) is 1.44. The van der Waals surface area contributed by atoms with Gasteiger partial charge in [-0.05, 0) is 18.9 Å². The summed E-state index contributed by atoms with van der Waals surface area (Å²) in [5, 5.41) is 17.0. The third-order valence-corrected chi connectivity index (χ3v) is 7.68. The lowest BCUT2D eigenvalue weighted by molar-refractivity contribution is -0.247. The maximum absolute atomic E-state index is 13.4. The minimum absolute atomic E-state index is 0.0996. The highest BCUT2D eigenvalue weighted by Crippen LogP contribution is 2.56. The van der Waals surface area contributed by atoms with Crippen LogP contribution in [0.15, 0.2) is 35.3 Å². The summed E-state index contributed by atoms with van der Waals surface area (Å²) < 4.78 is 23.9. The number of amides is 2. The van der Waals surface area contributed by atoms with E-state index >= 15 is 0 Å². The number of carbonyl (C=O) groups is 3. The van der Waals surface area contributed by atoms with E-state index in [1.807, 2.05) is 30.3 Å². The van der Waals surface area contributed by atoms with Crippen molar-refractivity contribution in [2.45, 2.75) is 97.2 Å². The smallest absolute Gasteiger partial charge is 0.338 e. The molecule has 1 aromatic rings. The molecule has 0 radical (unpaired) electrons. The Kier molecular flexibility index (Phi) is 7.92. The Hall–Kier alpha value is -2.86. The second-order valence-corrected chi connectivity index (χ2v) is 13.1. The van der Waals surface area contributed by atoms with Gasteiger partial charge in [-0.25, -0.2) is 9.79 Å². The Bertz CT molecular complexity index is 1140. The third-order valence-electron chi connectivity index (χ3n) is 7.68. The fourth-order valence-electron chi connectivity index (χ4n) is 5.40. The van der Waals surface area contributed by atoms with Gasteiger partial charge in [0.25, 0.3) is 0 Å². The van der Waals surface area contributed by atoms with Crippen molar-refractivity contribution in [2.24, 2.45) is 21.7 Å². The number of carbonyl (C=O) groups excluding carboxylic acids is 3. The number of guanidine groups is 1.